The summed E-state index contributed by atoms with van der Waals surface area (Å²) >= 11 is 1.91. The summed E-state index contributed by atoms with van der Waals surface area (Å²) in [5, 5.41) is 2.61. The van der Waals surface area contributed by atoms with Crippen LogP contribution in [0.1, 0.15) is 99.9 Å². The fourth-order valence-electron chi connectivity index (χ4n) is 14.7. The van der Waals surface area contributed by atoms with Crippen molar-refractivity contribution in [1.82, 2.24) is 0 Å². The highest BCUT2D eigenvalue weighted by molar-refractivity contribution is 7.26. The Morgan fingerprint density at radius 1 is 0.342 bits per heavy atom. The van der Waals surface area contributed by atoms with E-state index in [1.54, 1.807) is 0 Å². The molecule has 11 aromatic rings. The van der Waals surface area contributed by atoms with Gasteiger partial charge in [0.15, 0.2) is 0 Å². The van der Waals surface area contributed by atoms with Gasteiger partial charge in [-0.2, -0.15) is 0 Å². The summed E-state index contributed by atoms with van der Waals surface area (Å²) in [4.78, 5) is 5.37. The molecule has 2 aliphatic carbocycles. The smallest absolute Gasteiger partial charge is 0.252 e. The van der Waals surface area contributed by atoms with Gasteiger partial charge in [0, 0.05) is 70.1 Å². The second kappa shape index (κ2) is 15.8. The van der Waals surface area contributed by atoms with Crippen LogP contribution in [-0.2, 0) is 21.7 Å². The Labute approximate surface area is 452 Å². The highest BCUT2D eigenvalue weighted by Crippen LogP contribution is 2.57. The number of rotatable bonds is 4. The predicted molar refractivity (Wildman–Crippen MR) is 326 cm³/mol. The van der Waals surface area contributed by atoms with Crippen LogP contribution < -0.4 is 26.2 Å². The first-order chi connectivity index (χ1) is 36.7. The van der Waals surface area contributed by atoms with Gasteiger partial charge in [-0.25, -0.2) is 0 Å². The van der Waals surface area contributed by atoms with Gasteiger partial charge in [0.25, 0.3) is 6.71 Å². The molecule has 0 bridgehead atoms. The lowest BCUT2D eigenvalue weighted by Crippen LogP contribution is -2.62. The highest BCUT2D eigenvalue weighted by Gasteiger charge is 2.49. The maximum atomic E-state index is 2.69. The van der Waals surface area contributed by atoms with Crippen LogP contribution in [-0.4, -0.2) is 6.71 Å². The maximum Gasteiger partial charge on any atom is 0.252 e. The van der Waals surface area contributed by atoms with Gasteiger partial charge in [-0.1, -0.05) is 219 Å². The summed E-state index contributed by atoms with van der Waals surface area (Å²) in [6, 6.07) is 81.5. The minimum atomic E-state index is -0.255. The third kappa shape index (κ3) is 6.11. The topological polar surface area (TPSA) is 6.48 Å². The van der Waals surface area contributed by atoms with Gasteiger partial charge in [-0.3, -0.25) is 0 Å². The Kier molecular flexibility index (Phi) is 9.47. The molecule has 0 atom stereocenters. The first kappa shape index (κ1) is 45.5. The molecule has 15 rings (SSSR count). The van der Waals surface area contributed by atoms with Crippen LogP contribution in [0.5, 0.6) is 0 Å². The molecule has 0 saturated carbocycles. The Balaban J connectivity index is 1.11. The SMILES string of the molecule is CC1(C)c2ccccc2C(C)(C)c2cc(N3c4cc5c(cc4B4c6ccc7sc8ccccc8c7c6N(c6ccccc6-c6ccccc6)c6cc(-c7ccccc7)cc3c64)C(C)(C)c3ccccc3C5(C)C)ccc21. The largest absolute Gasteiger partial charge is 0.311 e. The molecular formula is C72H59BN2S. The molecule has 76 heavy (non-hydrogen) atoms. The average molecular weight is 995 g/mol. The molecule has 0 amide bonds. The normalized spacial score (nSPS) is 16.5. The van der Waals surface area contributed by atoms with E-state index < -0.39 is 0 Å². The van der Waals surface area contributed by atoms with Gasteiger partial charge < -0.3 is 9.80 Å². The molecule has 2 aliphatic heterocycles. The van der Waals surface area contributed by atoms with Crippen molar-refractivity contribution in [2.24, 2.45) is 0 Å². The van der Waals surface area contributed by atoms with Gasteiger partial charge in [0.2, 0.25) is 0 Å². The number of benzene rings is 10. The van der Waals surface area contributed by atoms with Crippen LogP contribution in [0.15, 0.2) is 212 Å². The van der Waals surface area contributed by atoms with Crippen LogP contribution in [0.2, 0.25) is 0 Å². The molecule has 0 radical (unpaired) electrons. The number of fused-ring (bicyclic) bond motifs is 12. The Morgan fingerprint density at radius 3 is 1.51 bits per heavy atom. The van der Waals surface area contributed by atoms with E-state index in [0.717, 1.165) is 0 Å². The van der Waals surface area contributed by atoms with Crippen LogP contribution in [0.25, 0.3) is 42.4 Å². The second-order valence-corrected chi connectivity index (χ2v) is 25.1. The third-order valence-electron chi connectivity index (χ3n) is 18.5. The van der Waals surface area contributed by atoms with Crippen molar-refractivity contribution in [3.63, 3.8) is 0 Å². The molecule has 4 aliphatic rings. The summed E-state index contributed by atoms with van der Waals surface area (Å²) in [6.07, 6.45) is 0. The van der Waals surface area contributed by atoms with Crippen molar-refractivity contribution in [3.05, 3.63) is 257 Å². The lowest BCUT2D eigenvalue weighted by Gasteiger charge is -2.49. The molecule has 0 fully saturated rings. The summed E-state index contributed by atoms with van der Waals surface area (Å²) in [6.45, 7) is 19.5. The van der Waals surface area contributed by atoms with Crippen molar-refractivity contribution < 1.29 is 0 Å². The fourth-order valence-corrected chi connectivity index (χ4v) is 15.8. The lowest BCUT2D eigenvalue weighted by atomic mass is 9.33. The number of hydrogen-bond donors (Lipinski definition) is 0. The number of nitrogens with zero attached hydrogens (tertiary/aromatic N) is 2. The molecule has 4 heteroatoms. The molecule has 366 valence electrons. The van der Waals surface area contributed by atoms with Gasteiger partial charge in [-0.05, 0) is 126 Å². The van der Waals surface area contributed by atoms with Crippen LogP contribution in [0.3, 0.4) is 0 Å². The summed E-state index contributed by atoms with van der Waals surface area (Å²) < 4.78 is 2.61. The number of thiophene rings is 1. The number of hydrogen-bond acceptors (Lipinski definition) is 3. The maximum absolute atomic E-state index is 2.69. The van der Waals surface area contributed by atoms with Gasteiger partial charge in [0.1, 0.15) is 0 Å². The van der Waals surface area contributed by atoms with E-state index in [2.05, 4.69) is 278 Å². The zero-order valence-corrected chi connectivity index (χ0v) is 45.4. The van der Waals surface area contributed by atoms with Crippen molar-refractivity contribution in [1.29, 1.82) is 0 Å². The van der Waals surface area contributed by atoms with Gasteiger partial charge >= 0.3 is 0 Å². The Morgan fingerprint density at radius 2 is 0.855 bits per heavy atom. The molecule has 0 spiro atoms. The molecule has 1 aromatic heterocycles. The molecule has 3 heterocycles. The zero-order chi connectivity index (χ0) is 51.6. The van der Waals surface area contributed by atoms with Crippen molar-refractivity contribution in [2.75, 3.05) is 9.80 Å². The average Bonchev–Trinajstić information content (AvgIpc) is 3.98. The van der Waals surface area contributed by atoms with Crippen molar-refractivity contribution in [3.8, 4) is 22.3 Å². The van der Waals surface area contributed by atoms with Gasteiger partial charge in [0.05, 0.1) is 11.4 Å². The third-order valence-corrected chi connectivity index (χ3v) is 19.7. The van der Waals surface area contributed by atoms with Crippen LogP contribution >= 0.6 is 11.3 Å². The molecule has 2 nitrogen and oxygen atoms in total. The van der Waals surface area contributed by atoms with E-state index in [1.165, 1.54) is 137 Å². The minimum absolute atomic E-state index is 0.0828. The summed E-state index contributed by atoms with van der Waals surface area (Å²) in [5.74, 6) is 0. The van der Waals surface area contributed by atoms with E-state index in [0.29, 0.717) is 0 Å². The first-order valence-corrected chi connectivity index (χ1v) is 28.0. The van der Waals surface area contributed by atoms with E-state index >= 15 is 0 Å². The minimum Gasteiger partial charge on any atom is -0.311 e. The quantitative estimate of drug-likeness (QED) is 0.162. The molecule has 10 aromatic carbocycles. The summed E-state index contributed by atoms with van der Waals surface area (Å²) in [7, 11) is 0. The Bertz CT molecular complexity index is 4250. The predicted octanol–water partition coefficient (Wildman–Crippen LogP) is 17.4. The lowest BCUT2D eigenvalue weighted by molar-refractivity contribution is 0.520. The second-order valence-electron chi connectivity index (χ2n) is 24.0. The highest BCUT2D eigenvalue weighted by atomic mass is 32.1. The van der Waals surface area contributed by atoms with Crippen molar-refractivity contribution in [2.45, 2.75) is 77.0 Å². The molecule has 0 saturated heterocycles. The van der Waals surface area contributed by atoms with E-state index in [-0.39, 0.29) is 28.4 Å². The molecule has 0 unspecified atom stereocenters. The first-order valence-electron chi connectivity index (χ1n) is 27.2. The van der Waals surface area contributed by atoms with Gasteiger partial charge in [-0.15, -0.1) is 11.3 Å². The zero-order valence-electron chi connectivity index (χ0n) is 44.6. The van der Waals surface area contributed by atoms with Crippen molar-refractivity contribution >= 4 is 88.7 Å². The van der Waals surface area contributed by atoms with Crippen LogP contribution in [0, 0.1) is 0 Å². The molecular weight excluding hydrogens is 936 g/mol. The van der Waals surface area contributed by atoms with Crippen LogP contribution in [0.4, 0.5) is 34.1 Å². The number of para-hydroxylation sites is 1. The molecule has 0 N–H and O–H groups in total. The standard InChI is InChI=1S/C72H59BN2S/c1-69(2)50-29-17-18-30-51(50)70(3,4)55-41-47(35-36-54(55)69)74-61-43-57-56(71(5,6)52-31-19-20-32-53(52)72(57,7)8)42-59(61)73-58-37-38-65-66(49-28-16-22-34-64(49)76-65)68(58)75(60-33-21-15-27-48(60)45-25-13-10-14-26-45)63-40-46(39-62(74)67(63)73)44-23-11-9-12-24-44/h9-43H,1-8H3. The Hall–Kier alpha value is -7.92. The van der Waals surface area contributed by atoms with E-state index in [1.807, 2.05) is 11.3 Å². The van der Waals surface area contributed by atoms with E-state index in [4.69, 9.17) is 0 Å². The van der Waals surface area contributed by atoms with E-state index in [9.17, 15) is 0 Å². The fraction of sp³-hybridized carbons (Fsp3) is 0.167. The summed E-state index contributed by atoms with van der Waals surface area (Å²) in [5.41, 5.74) is 26.4. The monoisotopic (exact) mass is 994 g/mol. The number of anilines is 6.